The van der Waals surface area contributed by atoms with Crippen molar-refractivity contribution >= 4 is 16.5 Å². The number of nitrogens with one attached hydrogen (secondary N) is 1. The molecule has 2 fully saturated rings. The third kappa shape index (κ3) is 2.33. The van der Waals surface area contributed by atoms with Crippen LogP contribution in [0.4, 0.5) is 5.13 Å². The summed E-state index contributed by atoms with van der Waals surface area (Å²) in [6.07, 6.45) is 5.33. The molecule has 0 radical (unpaired) electrons. The monoisotopic (exact) mass is 251 g/mol. The molecule has 1 unspecified atom stereocenters. The molecule has 3 nitrogen and oxygen atoms in total. The fourth-order valence-corrected chi connectivity index (χ4v) is 4.12. The second kappa shape index (κ2) is 4.94. The molecule has 1 aromatic rings. The van der Waals surface area contributed by atoms with Crippen molar-refractivity contribution in [2.45, 2.75) is 38.5 Å². The lowest BCUT2D eigenvalue weighted by atomic mass is 10.1. The Balaban J connectivity index is 1.79. The Labute approximate surface area is 107 Å². The summed E-state index contributed by atoms with van der Waals surface area (Å²) >= 11 is 1.94. The van der Waals surface area contributed by atoms with E-state index in [4.69, 9.17) is 4.98 Å². The van der Waals surface area contributed by atoms with Crippen LogP contribution >= 0.6 is 11.3 Å². The highest BCUT2D eigenvalue weighted by Crippen LogP contribution is 2.35. The number of aromatic nitrogens is 1. The number of aryl methyl sites for hydroxylation is 1. The highest BCUT2D eigenvalue weighted by atomic mass is 32.1. The minimum atomic E-state index is 0.714. The van der Waals surface area contributed by atoms with Crippen LogP contribution in [0.5, 0.6) is 0 Å². The minimum Gasteiger partial charge on any atom is -0.348 e. The van der Waals surface area contributed by atoms with E-state index < -0.39 is 0 Å². The van der Waals surface area contributed by atoms with Gasteiger partial charge in [-0.15, -0.1) is 11.3 Å². The summed E-state index contributed by atoms with van der Waals surface area (Å²) in [5.41, 5.74) is 1.27. The smallest absolute Gasteiger partial charge is 0.185 e. The quantitative estimate of drug-likeness (QED) is 0.875. The Morgan fingerprint density at radius 2 is 2.12 bits per heavy atom. The van der Waals surface area contributed by atoms with Crippen molar-refractivity contribution in [1.29, 1.82) is 0 Å². The van der Waals surface area contributed by atoms with Gasteiger partial charge < -0.3 is 10.2 Å². The van der Waals surface area contributed by atoms with Gasteiger partial charge in [-0.25, -0.2) is 4.98 Å². The number of rotatable bonds is 2. The molecule has 17 heavy (non-hydrogen) atoms. The first-order valence-corrected chi connectivity index (χ1v) is 7.59. The van der Waals surface area contributed by atoms with Gasteiger partial charge in [0.15, 0.2) is 5.13 Å². The highest BCUT2D eigenvalue weighted by Gasteiger charge is 2.23. The maximum absolute atomic E-state index is 4.80. The van der Waals surface area contributed by atoms with Crippen LogP contribution in [0, 0.1) is 6.92 Å². The molecule has 0 amide bonds. The van der Waals surface area contributed by atoms with Crippen LogP contribution in [0.3, 0.4) is 0 Å². The van der Waals surface area contributed by atoms with Crippen LogP contribution in [-0.2, 0) is 0 Å². The van der Waals surface area contributed by atoms with Gasteiger partial charge in [0, 0.05) is 30.4 Å². The molecule has 0 spiro atoms. The Kier molecular flexibility index (Phi) is 3.34. The second-order valence-corrected chi connectivity index (χ2v) is 6.19. The van der Waals surface area contributed by atoms with Gasteiger partial charge >= 0.3 is 0 Å². The van der Waals surface area contributed by atoms with E-state index in [9.17, 15) is 0 Å². The van der Waals surface area contributed by atoms with Gasteiger partial charge in [0.1, 0.15) is 0 Å². The zero-order valence-corrected chi connectivity index (χ0v) is 11.4. The second-order valence-electron chi connectivity index (χ2n) is 5.18. The van der Waals surface area contributed by atoms with E-state index in [0.717, 1.165) is 6.54 Å². The number of piperidine rings is 1. The molecule has 2 aliphatic heterocycles. The first-order valence-electron chi connectivity index (χ1n) is 6.77. The van der Waals surface area contributed by atoms with Gasteiger partial charge in [-0.2, -0.15) is 0 Å². The predicted octanol–water partition coefficient (Wildman–Crippen LogP) is 2.52. The Morgan fingerprint density at radius 1 is 1.29 bits per heavy atom. The average Bonchev–Trinajstić information content (AvgIpc) is 2.99. The topological polar surface area (TPSA) is 28.2 Å². The summed E-state index contributed by atoms with van der Waals surface area (Å²) < 4.78 is 0. The molecule has 3 heterocycles. The van der Waals surface area contributed by atoms with E-state index >= 15 is 0 Å². The maximum atomic E-state index is 4.80. The minimum absolute atomic E-state index is 0.714. The summed E-state index contributed by atoms with van der Waals surface area (Å²) in [6.45, 7) is 6.89. The highest BCUT2D eigenvalue weighted by molar-refractivity contribution is 7.15. The Bertz CT molecular complexity index is 376. The molecule has 0 aliphatic carbocycles. The van der Waals surface area contributed by atoms with Crippen LogP contribution in [0.15, 0.2) is 0 Å². The van der Waals surface area contributed by atoms with Gasteiger partial charge in [0.25, 0.3) is 0 Å². The Morgan fingerprint density at radius 3 is 2.82 bits per heavy atom. The van der Waals surface area contributed by atoms with E-state index in [1.54, 1.807) is 0 Å². The van der Waals surface area contributed by atoms with Gasteiger partial charge in [0.2, 0.25) is 0 Å². The summed E-state index contributed by atoms with van der Waals surface area (Å²) in [6, 6.07) is 0. The van der Waals surface area contributed by atoms with Gasteiger partial charge in [-0.1, -0.05) is 0 Å². The summed E-state index contributed by atoms with van der Waals surface area (Å²) in [5.74, 6) is 0.714. The zero-order chi connectivity index (χ0) is 11.7. The molecule has 4 heteroatoms. The predicted molar refractivity (Wildman–Crippen MR) is 73.1 cm³/mol. The summed E-state index contributed by atoms with van der Waals surface area (Å²) in [7, 11) is 0. The zero-order valence-electron chi connectivity index (χ0n) is 10.5. The molecule has 2 saturated heterocycles. The van der Waals surface area contributed by atoms with E-state index in [1.165, 1.54) is 61.0 Å². The van der Waals surface area contributed by atoms with Crippen molar-refractivity contribution < 1.29 is 0 Å². The van der Waals surface area contributed by atoms with Crippen molar-refractivity contribution in [3.63, 3.8) is 0 Å². The maximum Gasteiger partial charge on any atom is 0.185 e. The molecule has 2 aliphatic rings. The van der Waals surface area contributed by atoms with Gasteiger partial charge in [-0.05, 0) is 39.2 Å². The van der Waals surface area contributed by atoms with Gasteiger partial charge in [-0.3, -0.25) is 0 Å². The van der Waals surface area contributed by atoms with Crippen molar-refractivity contribution in [2.75, 3.05) is 31.1 Å². The van der Waals surface area contributed by atoms with Crippen LogP contribution < -0.4 is 10.2 Å². The summed E-state index contributed by atoms with van der Waals surface area (Å²) in [4.78, 5) is 8.80. The van der Waals surface area contributed by atoms with E-state index in [0.29, 0.717) is 5.92 Å². The number of anilines is 1. The van der Waals surface area contributed by atoms with Crippen LogP contribution in [0.2, 0.25) is 0 Å². The van der Waals surface area contributed by atoms with E-state index in [-0.39, 0.29) is 0 Å². The van der Waals surface area contributed by atoms with E-state index in [2.05, 4.69) is 17.1 Å². The number of hydrogen-bond donors (Lipinski definition) is 1. The van der Waals surface area contributed by atoms with Gasteiger partial charge in [0.05, 0.1) is 5.69 Å². The van der Waals surface area contributed by atoms with E-state index in [1.807, 2.05) is 11.3 Å². The molecular formula is C13H21N3S. The van der Waals surface area contributed by atoms with Crippen molar-refractivity contribution in [1.82, 2.24) is 10.3 Å². The van der Waals surface area contributed by atoms with Crippen LogP contribution in [0.25, 0.3) is 0 Å². The molecule has 3 rings (SSSR count). The fourth-order valence-electron chi connectivity index (χ4n) is 2.87. The SMILES string of the molecule is Cc1nc(N2CCCCC2)sc1C1CCNC1. The molecule has 0 saturated carbocycles. The van der Waals surface area contributed by atoms with Crippen LogP contribution in [0.1, 0.15) is 42.2 Å². The van der Waals surface area contributed by atoms with Crippen molar-refractivity contribution in [2.24, 2.45) is 0 Å². The van der Waals surface area contributed by atoms with Crippen LogP contribution in [-0.4, -0.2) is 31.2 Å². The first kappa shape index (κ1) is 11.5. The third-order valence-electron chi connectivity index (χ3n) is 3.88. The molecule has 94 valence electrons. The molecular weight excluding hydrogens is 230 g/mol. The molecule has 1 N–H and O–H groups in total. The average molecular weight is 251 g/mol. The fraction of sp³-hybridized carbons (Fsp3) is 0.769. The first-order chi connectivity index (χ1) is 8.34. The van der Waals surface area contributed by atoms with Crippen molar-refractivity contribution in [3.8, 4) is 0 Å². The third-order valence-corrected chi connectivity index (χ3v) is 5.26. The number of nitrogens with zero attached hydrogens (tertiary/aromatic N) is 2. The van der Waals surface area contributed by atoms with Crippen molar-refractivity contribution in [3.05, 3.63) is 10.6 Å². The lowest BCUT2D eigenvalue weighted by Crippen LogP contribution is -2.29. The molecule has 1 aromatic heterocycles. The molecule has 0 bridgehead atoms. The number of thiazole rings is 1. The normalized spacial score (nSPS) is 25.5. The lowest BCUT2D eigenvalue weighted by Gasteiger charge is -2.25. The molecule has 1 atom stereocenters. The lowest BCUT2D eigenvalue weighted by molar-refractivity contribution is 0.576. The number of hydrogen-bond acceptors (Lipinski definition) is 4. The Hall–Kier alpha value is -0.610. The standard InChI is InChI=1S/C13H21N3S/c1-10-12(11-5-6-14-9-11)17-13(15-10)16-7-3-2-4-8-16/h11,14H,2-9H2,1H3. The molecule has 0 aromatic carbocycles. The largest absolute Gasteiger partial charge is 0.348 e. The summed E-state index contributed by atoms with van der Waals surface area (Å²) in [5, 5.41) is 4.72.